The third kappa shape index (κ3) is 3.44. The number of piperidine rings is 1. The molecular weight excluding hydrogens is 289 g/mol. The van der Waals surface area contributed by atoms with Gasteiger partial charge < -0.3 is 10.0 Å². The van der Waals surface area contributed by atoms with Gasteiger partial charge in [-0.25, -0.2) is 0 Å². The van der Waals surface area contributed by atoms with Gasteiger partial charge in [0.15, 0.2) is 0 Å². The van der Waals surface area contributed by atoms with Crippen LogP contribution in [0.3, 0.4) is 0 Å². The molecule has 1 N–H and O–H groups in total. The number of benzene rings is 1. The lowest BCUT2D eigenvalue weighted by atomic mass is 9.98. The van der Waals surface area contributed by atoms with Gasteiger partial charge in [-0.3, -0.25) is 10.1 Å². The van der Waals surface area contributed by atoms with Gasteiger partial charge in [0.2, 0.25) is 0 Å². The smallest absolute Gasteiger partial charge is 0.396 e. The summed E-state index contributed by atoms with van der Waals surface area (Å²) in [5, 5.41) is 20.2. The van der Waals surface area contributed by atoms with Gasteiger partial charge in [0.05, 0.1) is 10.5 Å². The Balaban J connectivity index is 2.37. The van der Waals surface area contributed by atoms with E-state index in [1.165, 1.54) is 0 Å². The molecule has 0 amide bonds. The third-order valence-corrected chi connectivity index (χ3v) is 3.62. The average Bonchev–Trinajstić information content (AvgIpc) is 2.45. The van der Waals surface area contributed by atoms with Gasteiger partial charge in [-0.2, -0.15) is 13.2 Å². The van der Waals surface area contributed by atoms with Crippen LogP contribution in [0.1, 0.15) is 18.4 Å². The maximum atomic E-state index is 12.7. The number of nitrogens with zero attached hydrogens (tertiary/aromatic N) is 2. The average molecular weight is 304 g/mol. The minimum atomic E-state index is -4.61. The van der Waals surface area contributed by atoms with E-state index in [0.29, 0.717) is 19.2 Å². The van der Waals surface area contributed by atoms with Gasteiger partial charge in [-0.15, -0.1) is 0 Å². The Morgan fingerprint density at radius 1 is 1.43 bits per heavy atom. The SMILES string of the molecule is O=[N+]([O-])c1cc(C(F)(F)F)ccc1N1CCC[C@@H](CO)C1. The molecule has 1 heterocycles. The summed E-state index contributed by atoms with van der Waals surface area (Å²) >= 11 is 0. The third-order valence-electron chi connectivity index (χ3n) is 3.62. The van der Waals surface area contributed by atoms with E-state index in [1.807, 2.05) is 0 Å². The molecule has 0 spiro atoms. The van der Waals surface area contributed by atoms with Gasteiger partial charge in [-0.05, 0) is 30.9 Å². The Hall–Kier alpha value is -1.83. The molecule has 0 aliphatic carbocycles. The molecule has 8 heteroatoms. The second kappa shape index (κ2) is 5.88. The zero-order chi connectivity index (χ0) is 15.6. The highest BCUT2D eigenvalue weighted by atomic mass is 19.4. The highest BCUT2D eigenvalue weighted by Crippen LogP contribution is 2.37. The Kier molecular flexibility index (Phi) is 4.36. The van der Waals surface area contributed by atoms with E-state index in [4.69, 9.17) is 0 Å². The first kappa shape index (κ1) is 15.6. The highest BCUT2D eigenvalue weighted by molar-refractivity contribution is 5.65. The fraction of sp³-hybridized carbons (Fsp3) is 0.538. The Bertz CT molecular complexity index is 534. The zero-order valence-electron chi connectivity index (χ0n) is 11.1. The van der Waals surface area contributed by atoms with E-state index in [0.717, 1.165) is 25.0 Å². The lowest BCUT2D eigenvalue weighted by Crippen LogP contribution is -2.37. The van der Waals surface area contributed by atoms with Crippen molar-refractivity contribution in [2.75, 3.05) is 24.6 Å². The number of hydrogen-bond donors (Lipinski definition) is 1. The predicted molar refractivity (Wildman–Crippen MR) is 70.1 cm³/mol. The van der Waals surface area contributed by atoms with Gasteiger partial charge in [0.1, 0.15) is 5.69 Å². The van der Waals surface area contributed by atoms with Crippen molar-refractivity contribution in [3.8, 4) is 0 Å². The summed E-state index contributed by atoms with van der Waals surface area (Å²) in [6, 6.07) is 2.56. The van der Waals surface area contributed by atoms with Crippen molar-refractivity contribution in [1.29, 1.82) is 0 Å². The van der Waals surface area contributed by atoms with Crippen molar-refractivity contribution in [2.24, 2.45) is 5.92 Å². The second-order valence-corrected chi connectivity index (χ2v) is 5.10. The molecule has 1 aromatic carbocycles. The quantitative estimate of drug-likeness (QED) is 0.689. The summed E-state index contributed by atoms with van der Waals surface area (Å²) in [6.07, 6.45) is -3.07. The van der Waals surface area contributed by atoms with Crippen LogP contribution in [0.5, 0.6) is 0 Å². The lowest BCUT2D eigenvalue weighted by Gasteiger charge is -2.33. The number of halogens is 3. The van der Waals surface area contributed by atoms with Crippen LogP contribution in [0.25, 0.3) is 0 Å². The van der Waals surface area contributed by atoms with Crippen LogP contribution in [-0.4, -0.2) is 29.7 Å². The molecule has 1 aromatic rings. The number of aliphatic hydroxyl groups is 1. The molecule has 0 radical (unpaired) electrons. The maximum absolute atomic E-state index is 12.7. The van der Waals surface area contributed by atoms with E-state index in [9.17, 15) is 28.4 Å². The fourth-order valence-corrected chi connectivity index (χ4v) is 2.55. The molecule has 116 valence electrons. The summed E-state index contributed by atoms with van der Waals surface area (Å²) < 4.78 is 38.0. The molecular formula is C13H15F3N2O3. The molecule has 1 fully saturated rings. The molecule has 0 bridgehead atoms. The summed E-state index contributed by atoms with van der Waals surface area (Å²) in [7, 11) is 0. The van der Waals surface area contributed by atoms with Crippen molar-refractivity contribution in [1.82, 2.24) is 0 Å². The van der Waals surface area contributed by atoms with Crippen molar-refractivity contribution >= 4 is 11.4 Å². The molecule has 1 aliphatic rings. The largest absolute Gasteiger partial charge is 0.416 e. The number of anilines is 1. The maximum Gasteiger partial charge on any atom is 0.416 e. The second-order valence-electron chi connectivity index (χ2n) is 5.10. The number of hydrogen-bond acceptors (Lipinski definition) is 4. The van der Waals surface area contributed by atoms with Crippen LogP contribution in [0.4, 0.5) is 24.5 Å². The van der Waals surface area contributed by atoms with E-state index in [-0.39, 0.29) is 18.2 Å². The van der Waals surface area contributed by atoms with Gasteiger partial charge in [-0.1, -0.05) is 0 Å². The standard InChI is InChI=1S/C13H15F3N2O3/c14-13(15,16)10-3-4-11(12(6-10)18(20)21)17-5-1-2-9(7-17)8-19/h3-4,6,9,19H,1-2,5,7-8H2/t9-/m1/s1. The molecule has 0 aromatic heterocycles. The highest BCUT2D eigenvalue weighted by Gasteiger charge is 2.34. The summed E-state index contributed by atoms with van der Waals surface area (Å²) in [5.41, 5.74) is -1.41. The number of nitro groups is 1. The lowest BCUT2D eigenvalue weighted by molar-refractivity contribution is -0.384. The number of aliphatic hydroxyl groups excluding tert-OH is 1. The van der Waals surface area contributed by atoms with Crippen LogP contribution in [0.15, 0.2) is 18.2 Å². The molecule has 1 aliphatic heterocycles. The molecule has 1 saturated heterocycles. The Morgan fingerprint density at radius 3 is 2.71 bits per heavy atom. The molecule has 0 unspecified atom stereocenters. The zero-order valence-corrected chi connectivity index (χ0v) is 11.1. The predicted octanol–water partition coefficient (Wildman–Crippen LogP) is 2.82. The summed E-state index contributed by atoms with van der Waals surface area (Å²) in [5.74, 6) is -0.0133. The number of alkyl halides is 3. The van der Waals surface area contributed by atoms with Crippen molar-refractivity contribution < 1.29 is 23.2 Å². The molecule has 1 atom stereocenters. The van der Waals surface area contributed by atoms with E-state index < -0.39 is 22.4 Å². The first-order valence-electron chi connectivity index (χ1n) is 6.54. The van der Waals surface area contributed by atoms with Gasteiger partial charge >= 0.3 is 6.18 Å². The molecule has 21 heavy (non-hydrogen) atoms. The van der Waals surface area contributed by atoms with Gasteiger partial charge in [0.25, 0.3) is 5.69 Å². The first-order chi connectivity index (χ1) is 9.82. The van der Waals surface area contributed by atoms with Gasteiger partial charge in [0, 0.05) is 25.8 Å². The summed E-state index contributed by atoms with van der Waals surface area (Å²) in [4.78, 5) is 11.9. The van der Waals surface area contributed by atoms with E-state index in [2.05, 4.69) is 0 Å². The van der Waals surface area contributed by atoms with Crippen LogP contribution in [0.2, 0.25) is 0 Å². The molecule has 2 rings (SSSR count). The molecule has 5 nitrogen and oxygen atoms in total. The molecule has 0 saturated carbocycles. The monoisotopic (exact) mass is 304 g/mol. The minimum absolute atomic E-state index is 0.0133. The topological polar surface area (TPSA) is 66.6 Å². The van der Waals surface area contributed by atoms with E-state index in [1.54, 1.807) is 4.90 Å². The van der Waals surface area contributed by atoms with E-state index >= 15 is 0 Å². The Morgan fingerprint density at radius 2 is 2.14 bits per heavy atom. The van der Waals surface area contributed by atoms with Crippen LogP contribution in [-0.2, 0) is 6.18 Å². The number of rotatable bonds is 3. The van der Waals surface area contributed by atoms with Crippen molar-refractivity contribution in [2.45, 2.75) is 19.0 Å². The summed E-state index contributed by atoms with van der Waals surface area (Å²) in [6.45, 7) is 0.899. The van der Waals surface area contributed by atoms with Crippen molar-refractivity contribution in [3.63, 3.8) is 0 Å². The van der Waals surface area contributed by atoms with Crippen LogP contribution < -0.4 is 4.90 Å². The fourth-order valence-electron chi connectivity index (χ4n) is 2.55. The number of nitro benzene ring substituents is 1. The normalized spacial score (nSPS) is 19.6. The van der Waals surface area contributed by atoms with Crippen LogP contribution >= 0.6 is 0 Å². The minimum Gasteiger partial charge on any atom is -0.396 e. The Labute approximate surface area is 119 Å². The van der Waals surface area contributed by atoms with Crippen LogP contribution in [0, 0.1) is 16.0 Å². The van der Waals surface area contributed by atoms with Crippen molar-refractivity contribution in [3.05, 3.63) is 33.9 Å². The first-order valence-corrected chi connectivity index (χ1v) is 6.54.